The Kier molecular flexibility index (Phi) is 3.72. The van der Waals surface area contributed by atoms with Crippen molar-refractivity contribution in [1.82, 2.24) is 5.16 Å². The van der Waals surface area contributed by atoms with Gasteiger partial charge in [0.1, 0.15) is 0 Å². The lowest BCUT2D eigenvalue weighted by atomic mass is 10.1. The summed E-state index contributed by atoms with van der Waals surface area (Å²) in [5.41, 5.74) is 7.33. The SMILES string of the molecule is CCOc1ccc(-c2cnoc2N)cc1OCC. The second-order valence-electron chi connectivity index (χ2n) is 3.63. The zero-order chi connectivity index (χ0) is 13.0. The lowest BCUT2D eigenvalue weighted by Gasteiger charge is -2.11. The second-order valence-corrected chi connectivity index (χ2v) is 3.63. The van der Waals surface area contributed by atoms with Gasteiger partial charge in [0.2, 0.25) is 5.88 Å². The van der Waals surface area contributed by atoms with Gasteiger partial charge in [-0.2, -0.15) is 0 Å². The van der Waals surface area contributed by atoms with E-state index in [0.717, 1.165) is 16.9 Å². The molecule has 0 amide bonds. The third kappa shape index (κ3) is 2.40. The molecule has 0 atom stereocenters. The van der Waals surface area contributed by atoms with E-state index in [1.165, 1.54) is 0 Å². The standard InChI is InChI=1S/C13H16N2O3/c1-3-16-11-6-5-9(7-12(11)17-4-2)10-8-15-18-13(10)14/h5-8H,3-4,14H2,1-2H3. The minimum atomic E-state index is 0.293. The fraction of sp³-hybridized carbons (Fsp3) is 0.308. The van der Waals surface area contributed by atoms with Crippen LogP contribution in [0, 0.1) is 0 Å². The highest BCUT2D eigenvalue weighted by molar-refractivity contribution is 5.74. The average molecular weight is 248 g/mol. The van der Waals surface area contributed by atoms with Gasteiger partial charge in [0.05, 0.1) is 25.0 Å². The molecule has 0 unspecified atom stereocenters. The number of aromatic nitrogens is 1. The van der Waals surface area contributed by atoms with Crippen LogP contribution in [0.5, 0.6) is 11.5 Å². The molecule has 0 bridgehead atoms. The molecule has 0 fully saturated rings. The third-order valence-electron chi connectivity index (χ3n) is 2.45. The Morgan fingerprint density at radius 3 is 2.50 bits per heavy atom. The molecule has 0 saturated carbocycles. The molecule has 0 aliphatic heterocycles. The van der Waals surface area contributed by atoms with Gasteiger partial charge >= 0.3 is 0 Å². The van der Waals surface area contributed by atoms with Crippen molar-refractivity contribution in [3.8, 4) is 22.6 Å². The normalized spacial score (nSPS) is 10.3. The van der Waals surface area contributed by atoms with Crippen molar-refractivity contribution in [3.63, 3.8) is 0 Å². The Hall–Kier alpha value is -2.17. The second kappa shape index (κ2) is 5.44. The summed E-state index contributed by atoms with van der Waals surface area (Å²) in [6.07, 6.45) is 1.58. The summed E-state index contributed by atoms with van der Waals surface area (Å²) >= 11 is 0. The first-order valence-corrected chi connectivity index (χ1v) is 5.86. The fourth-order valence-electron chi connectivity index (χ4n) is 1.68. The zero-order valence-electron chi connectivity index (χ0n) is 10.5. The summed E-state index contributed by atoms with van der Waals surface area (Å²) in [4.78, 5) is 0. The molecule has 1 aromatic carbocycles. The molecule has 2 rings (SSSR count). The molecule has 0 spiro atoms. The van der Waals surface area contributed by atoms with Crippen LogP contribution in [0.15, 0.2) is 28.9 Å². The molecule has 0 radical (unpaired) electrons. The number of hydrogen-bond acceptors (Lipinski definition) is 5. The van der Waals surface area contributed by atoms with Crippen molar-refractivity contribution in [2.45, 2.75) is 13.8 Å². The largest absolute Gasteiger partial charge is 0.490 e. The molecular weight excluding hydrogens is 232 g/mol. The van der Waals surface area contributed by atoms with Crippen molar-refractivity contribution >= 4 is 5.88 Å². The Morgan fingerprint density at radius 2 is 1.89 bits per heavy atom. The van der Waals surface area contributed by atoms with Crippen LogP contribution in [0.1, 0.15) is 13.8 Å². The zero-order valence-corrected chi connectivity index (χ0v) is 10.5. The Bertz CT molecular complexity index is 523. The maximum atomic E-state index is 5.69. The van der Waals surface area contributed by atoms with Crippen LogP contribution in [0.25, 0.3) is 11.1 Å². The highest BCUT2D eigenvalue weighted by atomic mass is 16.5. The van der Waals surface area contributed by atoms with Crippen LogP contribution in [0.2, 0.25) is 0 Å². The number of rotatable bonds is 5. The van der Waals surface area contributed by atoms with Gasteiger partial charge in [0.15, 0.2) is 11.5 Å². The summed E-state index contributed by atoms with van der Waals surface area (Å²) in [7, 11) is 0. The van der Waals surface area contributed by atoms with Gasteiger partial charge < -0.3 is 19.7 Å². The molecule has 2 aromatic rings. The number of hydrogen-bond donors (Lipinski definition) is 1. The molecule has 0 aliphatic carbocycles. The average Bonchev–Trinajstić information content (AvgIpc) is 2.78. The van der Waals surface area contributed by atoms with Gasteiger partial charge in [-0.3, -0.25) is 0 Å². The first-order chi connectivity index (χ1) is 8.76. The lowest BCUT2D eigenvalue weighted by molar-refractivity contribution is 0.288. The van der Waals surface area contributed by atoms with E-state index in [1.54, 1.807) is 6.20 Å². The van der Waals surface area contributed by atoms with Gasteiger partial charge in [-0.05, 0) is 31.5 Å². The number of anilines is 1. The number of nitrogen functional groups attached to an aromatic ring is 1. The van der Waals surface area contributed by atoms with Crippen LogP contribution in [-0.2, 0) is 0 Å². The van der Waals surface area contributed by atoms with Gasteiger partial charge in [-0.15, -0.1) is 0 Å². The van der Waals surface area contributed by atoms with E-state index in [0.29, 0.717) is 24.8 Å². The van der Waals surface area contributed by atoms with Crippen LogP contribution in [-0.4, -0.2) is 18.4 Å². The fourth-order valence-corrected chi connectivity index (χ4v) is 1.68. The quantitative estimate of drug-likeness (QED) is 0.880. The summed E-state index contributed by atoms with van der Waals surface area (Å²) in [6, 6.07) is 5.63. The minimum absolute atomic E-state index is 0.293. The minimum Gasteiger partial charge on any atom is -0.490 e. The van der Waals surface area contributed by atoms with E-state index in [2.05, 4.69) is 5.16 Å². The molecule has 18 heavy (non-hydrogen) atoms. The van der Waals surface area contributed by atoms with Crippen molar-refractivity contribution in [1.29, 1.82) is 0 Å². The number of ether oxygens (including phenoxy) is 2. The molecule has 0 aliphatic rings. The van der Waals surface area contributed by atoms with Gasteiger partial charge in [0, 0.05) is 0 Å². The molecule has 1 aromatic heterocycles. The van der Waals surface area contributed by atoms with Crippen LogP contribution < -0.4 is 15.2 Å². The van der Waals surface area contributed by atoms with Crippen LogP contribution in [0.3, 0.4) is 0 Å². The van der Waals surface area contributed by atoms with Crippen LogP contribution in [0.4, 0.5) is 5.88 Å². The van der Waals surface area contributed by atoms with Crippen molar-refractivity contribution < 1.29 is 14.0 Å². The summed E-state index contributed by atoms with van der Waals surface area (Å²) in [5, 5.41) is 3.66. The van der Waals surface area contributed by atoms with Crippen molar-refractivity contribution in [2.75, 3.05) is 18.9 Å². The predicted octanol–water partition coefficient (Wildman–Crippen LogP) is 2.72. The van der Waals surface area contributed by atoms with E-state index in [9.17, 15) is 0 Å². The first kappa shape index (κ1) is 12.3. The maximum Gasteiger partial charge on any atom is 0.229 e. The summed E-state index contributed by atoms with van der Waals surface area (Å²) in [6.45, 7) is 5.02. The highest BCUT2D eigenvalue weighted by Crippen LogP contribution is 2.34. The smallest absolute Gasteiger partial charge is 0.229 e. The van der Waals surface area contributed by atoms with E-state index >= 15 is 0 Å². The molecule has 1 heterocycles. The van der Waals surface area contributed by atoms with E-state index in [4.69, 9.17) is 19.7 Å². The maximum absolute atomic E-state index is 5.69. The van der Waals surface area contributed by atoms with Crippen LogP contribution >= 0.6 is 0 Å². The van der Waals surface area contributed by atoms with E-state index in [-0.39, 0.29) is 0 Å². The van der Waals surface area contributed by atoms with Crippen molar-refractivity contribution in [3.05, 3.63) is 24.4 Å². The monoisotopic (exact) mass is 248 g/mol. The van der Waals surface area contributed by atoms with Crippen molar-refractivity contribution in [2.24, 2.45) is 0 Å². The number of benzene rings is 1. The Labute approximate surface area is 105 Å². The Balaban J connectivity index is 2.39. The van der Waals surface area contributed by atoms with Gasteiger partial charge in [-0.1, -0.05) is 11.2 Å². The highest BCUT2D eigenvalue weighted by Gasteiger charge is 2.11. The number of nitrogens with two attached hydrogens (primary N) is 1. The topological polar surface area (TPSA) is 70.5 Å². The molecule has 2 N–H and O–H groups in total. The molecular formula is C13H16N2O3. The lowest BCUT2D eigenvalue weighted by Crippen LogP contribution is -1.98. The van der Waals surface area contributed by atoms with Gasteiger partial charge in [-0.25, -0.2) is 0 Å². The summed E-state index contributed by atoms with van der Waals surface area (Å²) < 4.78 is 15.9. The van der Waals surface area contributed by atoms with Gasteiger partial charge in [0.25, 0.3) is 0 Å². The first-order valence-electron chi connectivity index (χ1n) is 5.86. The molecule has 5 heteroatoms. The molecule has 96 valence electrons. The third-order valence-corrected chi connectivity index (χ3v) is 2.45. The van der Waals surface area contributed by atoms with E-state index < -0.39 is 0 Å². The molecule has 0 saturated heterocycles. The Morgan fingerprint density at radius 1 is 1.17 bits per heavy atom. The van der Waals surface area contributed by atoms with E-state index in [1.807, 2.05) is 32.0 Å². The number of nitrogens with zero attached hydrogens (tertiary/aromatic N) is 1. The molecule has 5 nitrogen and oxygen atoms in total. The predicted molar refractivity (Wildman–Crippen MR) is 68.7 cm³/mol. The summed E-state index contributed by atoms with van der Waals surface area (Å²) in [5.74, 6) is 1.71.